The second-order valence-corrected chi connectivity index (χ2v) is 5.17. The molecule has 2 aromatic rings. The van der Waals surface area contributed by atoms with Crippen LogP contribution in [0, 0.1) is 0 Å². The Labute approximate surface area is 108 Å². The molecule has 0 amide bonds. The molecule has 0 aliphatic carbocycles. The van der Waals surface area contributed by atoms with Gasteiger partial charge in [-0.3, -0.25) is 0 Å². The van der Waals surface area contributed by atoms with Crippen molar-refractivity contribution >= 4 is 33.2 Å². The first-order valence-corrected chi connectivity index (χ1v) is 7.35. The Kier molecular flexibility index (Phi) is 3.86. The van der Waals surface area contributed by atoms with Crippen LogP contribution in [0.15, 0.2) is 22.0 Å². The quantitative estimate of drug-likeness (QED) is 0.809. The molecule has 2 heterocycles. The summed E-state index contributed by atoms with van der Waals surface area (Å²) in [4.78, 5) is 4.27. The van der Waals surface area contributed by atoms with E-state index < -0.39 is 0 Å². The van der Waals surface area contributed by atoms with Crippen LogP contribution < -0.4 is 0 Å². The molecule has 16 heavy (non-hydrogen) atoms. The fraction of sp³-hybridized carbons (Fsp3) is 0.455. The van der Waals surface area contributed by atoms with Crippen LogP contribution in [0.1, 0.15) is 25.3 Å². The molecule has 2 aromatic heterocycles. The molecular formula is C11H14BrN3S. The van der Waals surface area contributed by atoms with Crippen molar-refractivity contribution in [1.82, 2.24) is 14.6 Å². The molecule has 2 rings (SSSR count). The van der Waals surface area contributed by atoms with Gasteiger partial charge < -0.3 is 0 Å². The molecule has 0 fully saturated rings. The number of aryl methyl sites for hydroxylation is 1. The smallest absolute Gasteiger partial charge is 0.207 e. The van der Waals surface area contributed by atoms with Crippen LogP contribution in [0.4, 0.5) is 0 Å². The van der Waals surface area contributed by atoms with Crippen LogP contribution in [-0.4, -0.2) is 20.9 Å². The lowest BCUT2D eigenvalue weighted by atomic mass is 10.1. The maximum atomic E-state index is 4.44. The van der Waals surface area contributed by atoms with E-state index in [0.717, 1.165) is 21.7 Å². The molecule has 0 radical (unpaired) electrons. The Morgan fingerprint density at radius 3 is 3.00 bits per heavy atom. The van der Waals surface area contributed by atoms with Crippen molar-refractivity contribution in [2.24, 2.45) is 0 Å². The summed E-state index contributed by atoms with van der Waals surface area (Å²) in [6.45, 7) is 2.20. The first kappa shape index (κ1) is 11.9. The third kappa shape index (κ3) is 2.25. The summed E-state index contributed by atoms with van der Waals surface area (Å²) in [7, 11) is 0. The number of aromatic nitrogens is 3. The maximum Gasteiger partial charge on any atom is 0.207 e. The number of fused-ring (bicyclic) bond motifs is 1. The highest BCUT2D eigenvalue weighted by Gasteiger charge is 2.09. The number of hydrogen-bond acceptors (Lipinski definition) is 3. The number of halogens is 1. The molecule has 0 saturated carbocycles. The monoisotopic (exact) mass is 299 g/mol. The topological polar surface area (TPSA) is 30.2 Å². The van der Waals surface area contributed by atoms with Crippen LogP contribution in [0.3, 0.4) is 0 Å². The van der Waals surface area contributed by atoms with E-state index in [1.54, 1.807) is 11.8 Å². The van der Waals surface area contributed by atoms with E-state index in [2.05, 4.69) is 39.0 Å². The van der Waals surface area contributed by atoms with Gasteiger partial charge in [0.15, 0.2) is 0 Å². The summed E-state index contributed by atoms with van der Waals surface area (Å²) in [6, 6.07) is 2.16. The van der Waals surface area contributed by atoms with Crippen molar-refractivity contribution in [3.05, 3.63) is 22.4 Å². The number of thioether (sulfide) groups is 1. The molecule has 0 atom stereocenters. The minimum Gasteiger partial charge on any atom is -0.228 e. The molecule has 0 bridgehead atoms. The van der Waals surface area contributed by atoms with Gasteiger partial charge in [-0.05, 0) is 46.7 Å². The predicted octanol–water partition coefficient (Wildman–Crippen LogP) is 3.56. The lowest BCUT2D eigenvalue weighted by molar-refractivity contribution is 0.765. The average molecular weight is 300 g/mol. The number of hydrogen-bond donors (Lipinski definition) is 0. The minimum absolute atomic E-state index is 0.797. The highest BCUT2D eigenvalue weighted by molar-refractivity contribution is 9.10. The molecular weight excluding hydrogens is 286 g/mol. The zero-order chi connectivity index (χ0) is 11.5. The van der Waals surface area contributed by atoms with Crippen molar-refractivity contribution in [2.75, 3.05) is 6.26 Å². The van der Waals surface area contributed by atoms with Crippen LogP contribution in [0.5, 0.6) is 0 Å². The standard InChI is InChI=1S/C11H14BrN3S/c1-3-4-5-8-6-9-7-13-11(16-2)14-15(9)10(8)12/h6-7H,3-5H2,1-2H3. The summed E-state index contributed by atoms with van der Waals surface area (Å²) in [5.41, 5.74) is 2.37. The normalized spacial score (nSPS) is 11.2. The number of unbranched alkanes of at least 4 members (excludes halogenated alkanes) is 1. The summed E-state index contributed by atoms with van der Waals surface area (Å²) in [5, 5.41) is 5.24. The van der Waals surface area contributed by atoms with E-state index in [-0.39, 0.29) is 0 Å². The largest absolute Gasteiger partial charge is 0.228 e. The van der Waals surface area contributed by atoms with E-state index in [1.165, 1.54) is 18.4 Å². The molecule has 0 aromatic carbocycles. The maximum absolute atomic E-state index is 4.44. The second-order valence-electron chi connectivity index (χ2n) is 3.65. The molecule has 86 valence electrons. The van der Waals surface area contributed by atoms with Crippen LogP contribution in [0.2, 0.25) is 0 Å². The van der Waals surface area contributed by atoms with Crippen molar-refractivity contribution in [2.45, 2.75) is 31.3 Å². The molecule has 0 aliphatic rings. The Bertz CT molecular complexity index is 495. The minimum atomic E-state index is 0.797. The lowest BCUT2D eigenvalue weighted by Gasteiger charge is -1.99. The number of nitrogens with zero attached hydrogens (tertiary/aromatic N) is 3. The second kappa shape index (κ2) is 5.19. The van der Waals surface area contributed by atoms with Crippen molar-refractivity contribution < 1.29 is 0 Å². The molecule has 5 heteroatoms. The Morgan fingerprint density at radius 1 is 1.50 bits per heavy atom. The Morgan fingerprint density at radius 2 is 2.31 bits per heavy atom. The van der Waals surface area contributed by atoms with Gasteiger partial charge in [0, 0.05) is 0 Å². The van der Waals surface area contributed by atoms with Gasteiger partial charge in [-0.2, -0.15) is 0 Å². The first-order chi connectivity index (χ1) is 7.76. The molecule has 3 nitrogen and oxygen atoms in total. The number of rotatable bonds is 4. The lowest BCUT2D eigenvalue weighted by Crippen LogP contribution is -1.96. The van der Waals surface area contributed by atoms with Crippen LogP contribution in [0.25, 0.3) is 5.52 Å². The zero-order valence-corrected chi connectivity index (χ0v) is 11.8. The molecule has 0 N–H and O–H groups in total. The van der Waals surface area contributed by atoms with E-state index in [4.69, 9.17) is 0 Å². The van der Waals surface area contributed by atoms with Gasteiger partial charge in [0.2, 0.25) is 5.16 Å². The van der Waals surface area contributed by atoms with Gasteiger partial charge in [0.1, 0.15) is 4.60 Å². The van der Waals surface area contributed by atoms with Crippen molar-refractivity contribution in [1.29, 1.82) is 0 Å². The van der Waals surface area contributed by atoms with Gasteiger partial charge in [-0.15, -0.1) is 5.10 Å². The van der Waals surface area contributed by atoms with Gasteiger partial charge in [0.05, 0.1) is 11.7 Å². The fourth-order valence-electron chi connectivity index (χ4n) is 1.61. The van der Waals surface area contributed by atoms with Crippen LogP contribution in [-0.2, 0) is 6.42 Å². The summed E-state index contributed by atoms with van der Waals surface area (Å²) >= 11 is 5.16. The van der Waals surface area contributed by atoms with Gasteiger partial charge in [-0.1, -0.05) is 25.1 Å². The SMILES string of the molecule is CCCCc1cc2cnc(SC)nn2c1Br. The van der Waals surface area contributed by atoms with Crippen molar-refractivity contribution in [3.8, 4) is 0 Å². The highest BCUT2D eigenvalue weighted by Crippen LogP contribution is 2.23. The van der Waals surface area contributed by atoms with Gasteiger partial charge in [0.25, 0.3) is 0 Å². The third-order valence-electron chi connectivity index (χ3n) is 2.49. The van der Waals surface area contributed by atoms with Gasteiger partial charge >= 0.3 is 0 Å². The average Bonchev–Trinajstić information content (AvgIpc) is 2.63. The summed E-state index contributed by atoms with van der Waals surface area (Å²) in [5.74, 6) is 0. The molecule has 0 saturated heterocycles. The Hall–Kier alpha value is -0.550. The fourth-order valence-corrected chi connectivity index (χ4v) is 2.53. The molecule has 0 spiro atoms. The first-order valence-electron chi connectivity index (χ1n) is 5.33. The Balaban J connectivity index is 2.42. The van der Waals surface area contributed by atoms with E-state index in [1.807, 2.05) is 17.0 Å². The van der Waals surface area contributed by atoms with Crippen LogP contribution >= 0.6 is 27.7 Å². The highest BCUT2D eigenvalue weighted by atomic mass is 79.9. The van der Waals surface area contributed by atoms with Crippen molar-refractivity contribution in [3.63, 3.8) is 0 Å². The van der Waals surface area contributed by atoms with E-state index in [9.17, 15) is 0 Å². The van der Waals surface area contributed by atoms with Gasteiger partial charge in [-0.25, -0.2) is 9.50 Å². The molecule has 0 unspecified atom stereocenters. The van der Waals surface area contributed by atoms with E-state index in [0.29, 0.717) is 0 Å². The summed E-state index contributed by atoms with van der Waals surface area (Å²) < 4.78 is 2.98. The zero-order valence-electron chi connectivity index (χ0n) is 9.40. The predicted molar refractivity (Wildman–Crippen MR) is 71.1 cm³/mol. The summed E-state index contributed by atoms with van der Waals surface area (Å²) in [6.07, 6.45) is 7.36. The molecule has 0 aliphatic heterocycles. The van der Waals surface area contributed by atoms with E-state index >= 15 is 0 Å². The third-order valence-corrected chi connectivity index (χ3v) is 3.89.